The lowest BCUT2D eigenvalue weighted by molar-refractivity contribution is 0.881. The van der Waals surface area contributed by atoms with Crippen LogP contribution in [0.15, 0.2) is 6.07 Å². The third-order valence-corrected chi connectivity index (χ3v) is 3.20. The minimum atomic E-state index is 0.784. The van der Waals surface area contributed by atoms with Gasteiger partial charge in [-0.1, -0.05) is 18.3 Å². The van der Waals surface area contributed by atoms with Crippen LogP contribution in [0.1, 0.15) is 24.0 Å². The second-order valence-electron chi connectivity index (χ2n) is 3.18. The third kappa shape index (κ3) is 1.69. The number of fused-ring (bicyclic) bond motifs is 1. The summed E-state index contributed by atoms with van der Waals surface area (Å²) >= 11 is 6.80. The number of hydrogen-bond acceptors (Lipinski definition) is 4. The van der Waals surface area contributed by atoms with Gasteiger partial charge in [-0.15, -0.1) is 0 Å². The molecule has 14 heavy (non-hydrogen) atoms. The molecule has 0 fully saturated rings. The van der Waals surface area contributed by atoms with E-state index in [1.54, 1.807) is 15.9 Å². The molecule has 2 heterocycles. The van der Waals surface area contributed by atoms with Gasteiger partial charge in [-0.25, -0.2) is 4.98 Å². The summed E-state index contributed by atoms with van der Waals surface area (Å²) in [5.74, 6) is 0. The average molecular weight is 225 g/mol. The molecule has 0 aliphatic rings. The summed E-state index contributed by atoms with van der Waals surface area (Å²) in [6.45, 7) is 4.09. The maximum Gasteiger partial charge on any atom is 0.185 e. The van der Waals surface area contributed by atoms with Crippen LogP contribution in [0.4, 0.5) is 0 Å². The summed E-state index contributed by atoms with van der Waals surface area (Å²) in [4.78, 5) is 4.50. The quantitative estimate of drug-likeness (QED) is 0.736. The number of nitrogens with zero attached hydrogens (tertiary/aromatic N) is 3. The Morgan fingerprint density at radius 3 is 3.07 bits per heavy atom. The number of aromatic nitrogens is 3. The largest absolute Gasteiger partial charge is 0.223 e. The molecule has 3 nitrogen and oxygen atoms in total. The van der Waals surface area contributed by atoms with Crippen LogP contribution in [0.2, 0.25) is 0 Å². The van der Waals surface area contributed by atoms with Gasteiger partial charge in [-0.05, 0) is 32.0 Å². The molecule has 2 aromatic heterocycles. The van der Waals surface area contributed by atoms with Crippen molar-refractivity contribution in [2.75, 3.05) is 0 Å². The Kier molecular flexibility index (Phi) is 2.60. The highest BCUT2D eigenvalue weighted by Crippen LogP contribution is 2.13. The van der Waals surface area contributed by atoms with Crippen molar-refractivity contribution in [1.29, 1.82) is 0 Å². The Labute approximate surface area is 91.4 Å². The molecule has 0 N–H and O–H groups in total. The number of aryl methyl sites for hydroxylation is 2. The highest BCUT2D eigenvalue weighted by atomic mass is 32.1. The summed E-state index contributed by atoms with van der Waals surface area (Å²) in [6.07, 6.45) is 2.09. The molecule has 0 bridgehead atoms. The van der Waals surface area contributed by atoms with Crippen LogP contribution in [0, 0.1) is 10.9 Å². The van der Waals surface area contributed by atoms with Gasteiger partial charge in [-0.2, -0.15) is 9.61 Å². The Bertz CT molecular complexity index is 512. The summed E-state index contributed by atoms with van der Waals surface area (Å²) in [7, 11) is 0. The van der Waals surface area contributed by atoms with E-state index in [1.807, 2.05) is 13.0 Å². The molecule has 0 saturated heterocycles. The lowest BCUT2D eigenvalue weighted by Crippen LogP contribution is -1.94. The van der Waals surface area contributed by atoms with Crippen LogP contribution >= 0.6 is 23.6 Å². The monoisotopic (exact) mass is 225 g/mol. The first kappa shape index (κ1) is 9.73. The fourth-order valence-electron chi connectivity index (χ4n) is 1.32. The predicted octanol–water partition coefficient (Wildman–Crippen LogP) is 2.78. The molecule has 0 aliphatic carbocycles. The van der Waals surface area contributed by atoms with Crippen molar-refractivity contribution in [2.24, 2.45) is 0 Å². The Hall–Kier alpha value is -0.810. The van der Waals surface area contributed by atoms with Crippen molar-refractivity contribution in [3.05, 3.63) is 20.7 Å². The van der Waals surface area contributed by atoms with Crippen LogP contribution in [0.25, 0.3) is 5.65 Å². The van der Waals surface area contributed by atoms with E-state index in [1.165, 1.54) is 0 Å². The smallest absolute Gasteiger partial charge is 0.185 e. The maximum atomic E-state index is 5.25. The molecular weight excluding hydrogens is 214 g/mol. The molecule has 0 unspecified atom stereocenters. The van der Waals surface area contributed by atoms with E-state index in [9.17, 15) is 0 Å². The Morgan fingerprint density at radius 2 is 2.36 bits per heavy atom. The average Bonchev–Trinajstić information content (AvgIpc) is 2.47. The first-order valence-electron chi connectivity index (χ1n) is 4.57. The van der Waals surface area contributed by atoms with E-state index in [2.05, 4.69) is 17.0 Å². The maximum absolute atomic E-state index is 5.25. The second kappa shape index (κ2) is 3.74. The molecule has 2 rings (SSSR count). The number of hydrogen-bond donors (Lipinski definition) is 0. The molecule has 74 valence electrons. The van der Waals surface area contributed by atoms with Gasteiger partial charge in [0, 0.05) is 6.07 Å². The summed E-state index contributed by atoms with van der Waals surface area (Å²) in [5, 5.41) is 5.38. The van der Waals surface area contributed by atoms with E-state index in [-0.39, 0.29) is 0 Å². The van der Waals surface area contributed by atoms with Crippen molar-refractivity contribution in [3.63, 3.8) is 0 Å². The molecule has 0 aliphatic heterocycles. The third-order valence-electron chi connectivity index (χ3n) is 1.89. The summed E-state index contributed by atoms with van der Waals surface area (Å²) < 4.78 is 2.51. The van der Waals surface area contributed by atoms with Gasteiger partial charge in [-0.3, -0.25) is 0 Å². The molecule has 5 heteroatoms. The van der Waals surface area contributed by atoms with Gasteiger partial charge in [0.25, 0.3) is 0 Å². The fourth-order valence-corrected chi connectivity index (χ4v) is 2.61. The molecular formula is C9H11N3S2. The molecule has 0 amide bonds. The van der Waals surface area contributed by atoms with E-state index in [0.717, 1.165) is 33.1 Å². The van der Waals surface area contributed by atoms with Gasteiger partial charge < -0.3 is 0 Å². The van der Waals surface area contributed by atoms with Crippen LogP contribution in [0.3, 0.4) is 0 Å². The van der Waals surface area contributed by atoms with Gasteiger partial charge >= 0.3 is 0 Å². The fraction of sp³-hybridized carbons (Fsp3) is 0.444. The van der Waals surface area contributed by atoms with Crippen molar-refractivity contribution < 1.29 is 0 Å². The minimum absolute atomic E-state index is 0.784. The van der Waals surface area contributed by atoms with Crippen LogP contribution < -0.4 is 0 Å². The van der Waals surface area contributed by atoms with E-state index in [0.29, 0.717) is 0 Å². The highest BCUT2D eigenvalue weighted by molar-refractivity contribution is 7.73. The summed E-state index contributed by atoms with van der Waals surface area (Å²) in [5.41, 5.74) is 1.83. The van der Waals surface area contributed by atoms with E-state index >= 15 is 0 Å². The minimum Gasteiger partial charge on any atom is -0.223 e. The first-order valence-corrected chi connectivity index (χ1v) is 5.79. The van der Waals surface area contributed by atoms with Gasteiger partial charge in [0.05, 0.1) is 10.7 Å². The second-order valence-corrected chi connectivity index (χ2v) is 4.89. The lowest BCUT2D eigenvalue weighted by atomic mass is 10.3. The number of rotatable bonds is 2. The standard InChI is InChI=1S/C9H11N3S2/c1-3-4-8-10-7-5-6(2)11-12(7)9(13)14-8/h5H,3-4H2,1-2H3. The Balaban J connectivity index is 2.65. The van der Waals surface area contributed by atoms with Crippen LogP contribution in [-0.2, 0) is 6.42 Å². The normalized spacial score (nSPS) is 11.0. The topological polar surface area (TPSA) is 30.2 Å². The van der Waals surface area contributed by atoms with Crippen LogP contribution in [-0.4, -0.2) is 14.6 Å². The SMILES string of the molecule is CCCc1nc2cc(C)nn2c(=S)s1. The van der Waals surface area contributed by atoms with Gasteiger partial charge in [0.2, 0.25) is 0 Å². The zero-order valence-corrected chi connectivity index (χ0v) is 9.78. The lowest BCUT2D eigenvalue weighted by Gasteiger charge is -1.97. The van der Waals surface area contributed by atoms with Gasteiger partial charge in [0.15, 0.2) is 9.60 Å². The van der Waals surface area contributed by atoms with Crippen molar-refractivity contribution in [2.45, 2.75) is 26.7 Å². The molecule has 0 radical (unpaired) electrons. The van der Waals surface area contributed by atoms with Gasteiger partial charge in [0.1, 0.15) is 0 Å². The van der Waals surface area contributed by atoms with E-state index < -0.39 is 0 Å². The first-order chi connectivity index (χ1) is 6.70. The zero-order chi connectivity index (χ0) is 10.1. The van der Waals surface area contributed by atoms with E-state index in [4.69, 9.17) is 12.2 Å². The molecule has 2 aromatic rings. The Morgan fingerprint density at radius 1 is 1.57 bits per heavy atom. The highest BCUT2D eigenvalue weighted by Gasteiger charge is 2.03. The van der Waals surface area contributed by atoms with Crippen molar-refractivity contribution in [3.8, 4) is 0 Å². The predicted molar refractivity (Wildman–Crippen MR) is 60.4 cm³/mol. The van der Waals surface area contributed by atoms with Crippen molar-refractivity contribution in [1.82, 2.24) is 14.6 Å². The van der Waals surface area contributed by atoms with Crippen LogP contribution in [0.5, 0.6) is 0 Å². The molecule has 0 saturated carbocycles. The molecule has 0 spiro atoms. The summed E-state index contributed by atoms with van der Waals surface area (Å²) in [6, 6.07) is 1.96. The van der Waals surface area contributed by atoms with Crippen molar-refractivity contribution >= 4 is 29.2 Å². The molecule has 0 aromatic carbocycles. The zero-order valence-electron chi connectivity index (χ0n) is 8.15. The molecule has 0 atom stereocenters.